The summed E-state index contributed by atoms with van der Waals surface area (Å²) in [5, 5.41) is 15.1. The Labute approximate surface area is 210 Å². The Hall–Kier alpha value is -1.93. The molecule has 9 heteroatoms. The van der Waals surface area contributed by atoms with E-state index in [1.165, 1.54) is 12.8 Å². The number of aliphatic hydroxyl groups is 1. The highest BCUT2D eigenvalue weighted by molar-refractivity contribution is 6.35. The van der Waals surface area contributed by atoms with Crippen molar-refractivity contribution in [2.24, 2.45) is 11.8 Å². The van der Waals surface area contributed by atoms with Crippen molar-refractivity contribution < 1.29 is 5.11 Å². The predicted octanol–water partition coefficient (Wildman–Crippen LogP) is 4.58. The quantitative estimate of drug-likeness (QED) is 0.509. The van der Waals surface area contributed by atoms with Gasteiger partial charge in [0.2, 0.25) is 0 Å². The van der Waals surface area contributed by atoms with E-state index in [-0.39, 0.29) is 12.6 Å². The van der Waals surface area contributed by atoms with E-state index < -0.39 is 0 Å². The van der Waals surface area contributed by atoms with Gasteiger partial charge in [-0.15, -0.1) is 0 Å². The minimum atomic E-state index is -0.0956. The normalized spacial score (nSPS) is 20.6. The standard InChI is InChI=1S/C25H32Cl2N6O/c1-16-24-25(33(30-16)17(2)21-7-6-20(26)11-22(21)27)29-23(12-28-24)32-14-19(15-32)18-5-3-8-31(13-18)9-4-10-34/h6-7,11-12,17-19,34H,3-5,8-10,13-15H2,1-2H3. The molecule has 0 spiro atoms. The first-order chi connectivity index (χ1) is 16.4. The molecule has 7 nitrogen and oxygen atoms in total. The fourth-order valence-corrected chi connectivity index (χ4v) is 5.97. The topological polar surface area (TPSA) is 70.3 Å². The maximum absolute atomic E-state index is 9.15. The molecule has 182 valence electrons. The molecule has 1 N–H and O–H groups in total. The van der Waals surface area contributed by atoms with E-state index >= 15 is 0 Å². The number of aromatic nitrogens is 4. The number of benzene rings is 1. The van der Waals surface area contributed by atoms with Crippen molar-refractivity contribution in [3.05, 3.63) is 45.7 Å². The number of aryl methyl sites for hydroxylation is 1. The Morgan fingerprint density at radius 2 is 2.00 bits per heavy atom. The molecular weight excluding hydrogens is 471 g/mol. The third kappa shape index (κ3) is 4.63. The molecule has 0 bridgehead atoms. The van der Waals surface area contributed by atoms with Crippen LogP contribution < -0.4 is 4.90 Å². The van der Waals surface area contributed by atoms with Gasteiger partial charge in [0.1, 0.15) is 11.3 Å². The summed E-state index contributed by atoms with van der Waals surface area (Å²) in [4.78, 5) is 14.6. The van der Waals surface area contributed by atoms with Crippen molar-refractivity contribution in [3.8, 4) is 0 Å². The van der Waals surface area contributed by atoms with Gasteiger partial charge in [-0.3, -0.25) is 0 Å². The number of likely N-dealkylation sites (tertiary alicyclic amines) is 1. The van der Waals surface area contributed by atoms with Gasteiger partial charge in [0.25, 0.3) is 0 Å². The molecule has 3 aromatic rings. The minimum absolute atomic E-state index is 0.0956. The average Bonchev–Trinajstić information content (AvgIpc) is 3.12. The highest BCUT2D eigenvalue weighted by Gasteiger charge is 2.36. The second-order valence-corrected chi connectivity index (χ2v) is 10.6. The van der Waals surface area contributed by atoms with Crippen LogP contribution in [0.2, 0.25) is 10.0 Å². The summed E-state index contributed by atoms with van der Waals surface area (Å²) < 4.78 is 1.92. The molecule has 0 aliphatic carbocycles. The predicted molar refractivity (Wildman–Crippen MR) is 137 cm³/mol. The van der Waals surface area contributed by atoms with Crippen LogP contribution in [0.1, 0.15) is 43.5 Å². The van der Waals surface area contributed by atoms with E-state index in [0.717, 1.165) is 73.3 Å². The Kier molecular flexibility index (Phi) is 6.98. The number of aliphatic hydroxyl groups excluding tert-OH is 1. The largest absolute Gasteiger partial charge is 0.396 e. The van der Waals surface area contributed by atoms with Crippen LogP contribution in [-0.2, 0) is 0 Å². The Morgan fingerprint density at radius 1 is 1.18 bits per heavy atom. The summed E-state index contributed by atoms with van der Waals surface area (Å²) in [6.07, 6.45) is 5.30. The number of piperidine rings is 1. The van der Waals surface area contributed by atoms with Gasteiger partial charge in [-0.25, -0.2) is 14.6 Å². The van der Waals surface area contributed by atoms with Crippen LogP contribution in [0.15, 0.2) is 24.4 Å². The van der Waals surface area contributed by atoms with Gasteiger partial charge in [-0.05, 0) is 69.2 Å². The summed E-state index contributed by atoms with van der Waals surface area (Å²) in [5.74, 6) is 2.32. The minimum Gasteiger partial charge on any atom is -0.396 e. The molecule has 2 aliphatic rings. The molecule has 2 saturated heterocycles. The molecular formula is C25H32Cl2N6O. The lowest BCUT2D eigenvalue weighted by Gasteiger charge is -2.47. The zero-order chi connectivity index (χ0) is 23.8. The molecule has 2 aromatic heterocycles. The molecule has 2 fully saturated rings. The lowest BCUT2D eigenvalue weighted by molar-refractivity contribution is 0.112. The van der Waals surface area contributed by atoms with Crippen molar-refractivity contribution in [1.82, 2.24) is 24.6 Å². The second kappa shape index (κ2) is 9.97. The highest BCUT2D eigenvalue weighted by atomic mass is 35.5. The zero-order valence-corrected chi connectivity index (χ0v) is 21.3. The number of rotatable bonds is 7. The van der Waals surface area contributed by atoms with Crippen LogP contribution >= 0.6 is 23.2 Å². The molecule has 0 radical (unpaired) electrons. The molecule has 2 unspecified atom stereocenters. The summed E-state index contributed by atoms with van der Waals surface area (Å²) in [6, 6.07) is 5.47. The van der Waals surface area contributed by atoms with E-state index in [4.69, 9.17) is 43.4 Å². The van der Waals surface area contributed by atoms with Crippen LogP contribution in [0, 0.1) is 18.8 Å². The molecule has 1 aromatic carbocycles. The molecule has 34 heavy (non-hydrogen) atoms. The molecule has 0 amide bonds. The molecule has 2 atom stereocenters. The summed E-state index contributed by atoms with van der Waals surface area (Å²) in [7, 11) is 0. The lowest BCUT2D eigenvalue weighted by Crippen LogP contribution is -2.54. The van der Waals surface area contributed by atoms with Gasteiger partial charge >= 0.3 is 0 Å². The third-order valence-corrected chi connectivity index (χ3v) is 7.98. The molecule has 2 aliphatic heterocycles. The maximum atomic E-state index is 9.15. The fourth-order valence-electron chi connectivity index (χ4n) is 5.41. The average molecular weight is 503 g/mol. The Balaban J connectivity index is 1.32. The van der Waals surface area contributed by atoms with Crippen LogP contribution in [0.5, 0.6) is 0 Å². The van der Waals surface area contributed by atoms with Gasteiger partial charge in [0, 0.05) is 42.8 Å². The number of halogens is 2. The van der Waals surface area contributed by atoms with Crippen LogP contribution in [-0.4, -0.2) is 69.1 Å². The Morgan fingerprint density at radius 3 is 2.76 bits per heavy atom. The number of fused-ring (bicyclic) bond motifs is 1. The number of nitrogens with zero attached hydrogens (tertiary/aromatic N) is 6. The molecule has 5 rings (SSSR count). The summed E-state index contributed by atoms with van der Waals surface area (Å²) in [6.45, 7) is 9.66. The maximum Gasteiger partial charge on any atom is 0.179 e. The summed E-state index contributed by atoms with van der Waals surface area (Å²) in [5.41, 5.74) is 3.42. The monoisotopic (exact) mass is 502 g/mol. The van der Waals surface area contributed by atoms with Gasteiger partial charge in [0.15, 0.2) is 5.65 Å². The SMILES string of the molecule is Cc1nn(C(C)c2ccc(Cl)cc2Cl)c2nc(N3CC(C4CCCN(CCCO)C4)C3)cnc12. The van der Waals surface area contributed by atoms with Crippen molar-refractivity contribution in [3.63, 3.8) is 0 Å². The Bertz CT molecular complexity index is 1160. The van der Waals surface area contributed by atoms with E-state index in [2.05, 4.69) is 16.7 Å². The van der Waals surface area contributed by atoms with E-state index in [9.17, 15) is 0 Å². The first kappa shape index (κ1) is 23.8. The fraction of sp³-hybridized carbons (Fsp3) is 0.560. The van der Waals surface area contributed by atoms with Crippen molar-refractivity contribution in [1.29, 1.82) is 0 Å². The zero-order valence-electron chi connectivity index (χ0n) is 19.8. The van der Waals surface area contributed by atoms with E-state index in [1.807, 2.05) is 29.9 Å². The summed E-state index contributed by atoms with van der Waals surface area (Å²) >= 11 is 12.6. The van der Waals surface area contributed by atoms with Crippen molar-refractivity contribution in [2.75, 3.05) is 44.2 Å². The van der Waals surface area contributed by atoms with Crippen molar-refractivity contribution in [2.45, 2.75) is 39.2 Å². The third-order valence-electron chi connectivity index (χ3n) is 7.41. The number of anilines is 1. The lowest BCUT2D eigenvalue weighted by atomic mass is 9.80. The van der Waals surface area contributed by atoms with E-state index in [1.54, 1.807) is 6.07 Å². The van der Waals surface area contributed by atoms with Crippen LogP contribution in [0.25, 0.3) is 11.2 Å². The van der Waals surface area contributed by atoms with Crippen LogP contribution in [0.3, 0.4) is 0 Å². The van der Waals surface area contributed by atoms with Gasteiger partial charge in [0.05, 0.1) is 17.9 Å². The second-order valence-electron chi connectivity index (χ2n) is 9.72. The number of hydrogen-bond acceptors (Lipinski definition) is 6. The smallest absolute Gasteiger partial charge is 0.179 e. The van der Waals surface area contributed by atoms with Crippen LogP contribution in [0.4, 0.5) is 5.82 Å². The van der Waals surface area contributed by atoms with Gasteiger partial charge < -0.3 is 14.9 Å². The van der Waals surface area contributed by atoms with E-state index in [0.29, 0.717) is 16.0 Å². The number of hydrogen-bond donors (Lipinski definition) is 1. The first-order valence-corrected chi connectivity index (χ1v) is 12.9. The van der Waals surface area contributed by atoms with Gasteiger partial charge in [-0.2, -0.15) is 5.10 Å². The molecule has 4 heterocycles. The molecule has 0 saturated carbocycles. The first-order valence-electron chi connectivity index (χ1n) is 12.2. The van der Waals surface area contributed by atoms with Gasteiger partial charge in [-0.1, -0.05) is 29.3 Å². The van der Waals surface area contributed by atoms with Crippen molar-refractivity contribution >= 4 is 40.2 Å². The highest BCUT2D eigenvalue weighted by Crippen LogP contribution is 2.35.